The summed E-state index contributed by atoms with van der Waals surface area (Å²) in [4.78, 5) is 31.4. The van der Waals surface area contributed by atoms with Gasteiger partial charge in [0.15, 0.2) is 5.03 Å². The van der Waals surface area contributed by atoms with Crippen molar-refractivity contribution in [2.45, 2.75) is 11.9 Å². The highest BCUT2D eigenvalue weighted by molar-refractivity contribution is 7.90. The van der Waals surface area contributed by atoms with Crippen LogP contribution in [0.4, 0.5) is 10.7 Å². The summed E-state index contributed by atoms with van der Waals surface area (Å²) in [5.41, 5.74) is -0.299. The van der Waals surface area contributed by atoms with E-state index >= 15 is 0 Å². The third-order valence-corrected chi connectivity index (χ3v) is 4.37. The molecule has 12 nitrogen and oxygen atoms in total. The second-order valence-electron chi connectivity index (χ2n) is 4.69. The molecule has 2 aromatic heterocycles. The summed E-state index contributed by atoms with van der Waals surface area (Å²) in [5.74, 6) is -0.875. The van der Waals surface area contributed by atoms with Crippen molar-refractivity contribution in [1.82, 2.24) is 24.5 Å². The van der Waals surface area contributed by atoms with Crippen molar-refractivity contribution < 1.29 is 27.5 Å². The molecular formula is C13H16N6O6S. The summed E-state index contributed by atoms with van der Waals surface area (Å²) in [5, 5.41) is 5.36. The van der Waals surface area contributed by atoms with Gasteiger partial charge in [-0.05, 0) is 6.92 Å². The Morgan fingerprint density at radius 3 is 2.73 bits per heavy atom. The van der Waals surface area contributed by atoms with Gasteiger partial charge in [0, 0.05) is 19.3 Å². The predicted molar refractivity (Wildman–Crippen MR) is 87.1 cm³/mol. The van der Waals surface area contributed by atoms with Gasteiger partial charge in [-0.2, -0.15) is 18.5 Å². The van der Waals surface area contributed by atoms with Crippen LogP contribution in [0.15, 0.2) is 23.5 Å². The van der Waals surface area contributed by atoms with Gasteiger partial charge < -0.3 is 9.47 Å². The number of aromatic nitrogens is 4. The Hall–Kier alpha value is -3.22. The number of amides is 2. The smallest absolute Gasteiger partial charge is 0.342 e. The standard InChI is InChI=1S/C13H16N6O6S/c1-4-25-11(20)8-7-15-19(2)10(8)26(22,23)18-13(21)17-12-14-6-5-9(16-12)24-3/h5-7H,4H2,1-3H3,(H2,14,16,17,18,21). The number of nitrogens with zero attached hydrogens (tertiary/aromatic N) is 4. The quantitative estimate of drug-likeness (QED) is 0.650. The first-order valence-corrected chi connectivity index (χ1v) is 8.66. The Morgan fingerprint density at radius 2 is 2.08 bits per heavy atom. The number of rotatable bonds is 6. The molecular weight excluding hydrogens is 368 g/mol. The number of hydrogen-bond acceptors (Lipinski definition) is 9. The lowest BCUT2D eigenvalue weighted by atomic mass is 10.4. The fraction of sp³-hybridized carbons (Fsp3) is 0.308. The largest absolute Gasteiger partial charge is 0.481 e. The van der Waals surface area contributed by atoms with Crippen LogP contribution in [-0.4, -0.2) is 53.9 Å². The molecule has 0 radical (unpaired) electrons. The van der Waals surface area contributed by atoms with Crippen molar-refractivity contribution in [3.8, 4) is 5.88 Å². The van der Waals surface area contributed by atoms with Crippen LogP contribution in [0.1, 0.15) is 17.3 Å². The summed E-state index contributed by atoms with van der Waals surface area (Å²) in [7, 11) is -1.75. The van der Waals surface area contributed by atoms with Crippen molar-refractivity contribution in [3.63, 3.8) is 0 Å². The lowest BCUT2D eigenvalue weighted by Crippen LogP contribution is -2.36. The van der Waals surface area contributed by atoms with E-state index < -0.39 is 27.0 Å². The first-order valence-electron chi connectivity index (χ1n) is 7.18. The second-order valence-corrected chi connectivity index (χ2v) is 6.29. The van der Waals surface area contributed by atoms with E-state index in [9.17, 15) is 18.0 Å². The molecule has 2 amide bonds. The summed E-state index contributed by atoms with van der Waals surface area (Å²) in [6.45, 7) is 1.62. The molecule has 0 aromatic carbocycles. The van der Waals surface area contributed by atoms with E-state index in [1.54, 1.807) is 11.6 Å². The van der Waals surface area contributed by atoms with Gasteiger partial charge in [-0.15, -0.1) is 0 Å². The second kappa shape index (κ2) is 7.77. The van der Waals surface area contributed by atoms with Crippen molar-refractivity contribution in [1.29, 1.82) is 0 Å². The number of carbonyl (C=O) groups excluding carboxylic acids is 2. The SMILES string of the molecule is CCOC(=O)c1cnn(C)c1S(=O)(=O)NC(=O)Nc1nccc(OC)n1. The average Bonchev–Trinajstić information content (AvgIpc) is 2.97. The van der Waals surface area contributed by atoms with Crippen LogP contribution >= 0.6 is 0 Å². The molecule has 0 unspecified atom stereocenters. The number of nitrogens with one attached hydrogen (secondary N) is 2. The van der Waals surface area contributed by atoms with E-state index in [0.29, 0.717) is 0 Å². The molecule has 0 aliphatic heterocycles. The Bertz CT molecular complexity index is 925. The van der Waals surface area contributed by atoms with Crippen molar-refractivity contribution in [2.24, 2.45) is 7.05 Å². The van der Waals surface area contributed by atoms with Crippen LogP contribution in [0.25, 0.3) is 0 Å². The molecule has 0 fully saturated rings. The molecule has 0 atom stereocenters. The molecule has 0 aliphatic carbocycles. The Kier molecular flexibility index (Phi) is 5.71. The zero-order chi connectivity index (χ0) is 19.3. The van der Waals surface area contributed by atoms with Gasteiger partial charge in [0.1, 0.15) is 5.56 Å². The first-order chi connectivity index (χ1) is 12.3. The highest BCUT2D eigenvalue weighted by Gasteiger charge is 2.30. The molecule has 2 N–H and O–H groups in total. The Morgan fingerprint density at radius 1 is 1.35 bits per heavy atom. The topological polar surface area (TPSA) is 154 Å². The van der Waals surface area contributed by atoms with Crippen LogP contribution < -0.4 is 14.8 Å². The minimum Gasteiger partial charge on any atom is -0.481 e. The molecule has 13 heteroatoms. The number of hydrogen-bond donors (Lipinski definition) is 2. The molecule has 0 aliphatic rings. The van der Waals surface area contributed by atoms with E-state index in [1.807, 2.05) is 0 Å². The highest BCUT2D eigenvalue weighted by Crippen LogP contribution is 2.16. The molecule has 140 valence electrons. The summed E-state index contributed by atoms with van der Waals surface area (Å²) in [6, 6.07) is 0.315. The van der Waals surface area contributed by atoms with Gasteiger partial charge in [0.05, 0.1) is 19.9 Å². The number of ether oxygens (including phenoxy) is 2. The Labute approximate surface area is 148 Å². The van der Waals surface area contributed by atoms with E-state index in [2.05, 4.69) is 20.4 Å². The number of aryl methyl sites for hydroxylation is 1. The summed E-state index contributed by atoms with van der Waals surface area (Å²) >= 11 is 0. The molecule has 26 heavy (non-hydrogen) atoms. The zero-order valence-electron chi connectivity index (χ0n) is 14.1. The molecule has 0 saturated carbocycles. The van der Waals surface area contributed by atoms with Crippen molar-refractivity contribution in [2.75, 3.05) is 19.0 Å². The molecule has 0 spiro atoms. The number of esters is 1. The van der Waals surface area contributed by atoms with Gasteiger partial charge >= 0.3 is 12.0 Å². The average molecular weight is 384 g/mol. The van der Waals surface area contributed by atoms with Gasteiger partial charge in [0.25, 0.3) is 10.0 Å². The van der Waals surface area contributed by atoms with Crippen molar-refractivity contribution >= 4 is 28.0 Å². The van der Waals surface area contributed by atoms with Gasteiger partial charge in [-0.1, -0.05) is 0 Å². The molecule has 2 aromatic rings. The molecule has 2 rings (SSSR count). The first kappa shape index (κ1) is 19.1. The normalized spacial score (nSPS) is 10.9. The molecule has 0 bridgehead atoms. The fourth-order valence-electron chi connectivity index (χ4n) is 1.91. The van der Waals surface area contributed by atoms with E-state index in [-0.39, 0.29) is 24.0 Å². The maximum absolute atomic E-state index is 12.5. The van der Waals surface area contributed by atoms with Crippen LogP contribution in [0.2, 0.25) is 0 Å². The van der Waals surface area contributed by atoms with Crippen LogP contribution in [0.5, 0.6) is 5.88 Å². The van der Waals surface area contributed by atoms with Gasteiger partial charge in [-0.3, -0.25) is 10.00 Å². The number of anilines is 1. The fourth-order valence-corrected chi connectivity index (χ4v) is 3.12. The number of sulfonamides is 1. The lowest BCUT2D eigenvalue weighted by molar-refractivity contribution is 0.0521. The number of methoxy groups -OCH3 is 1. The predicted octanol–water partition coefficient (Wildman–Crippen LogP) is -0.0942. The lowest BCUT2D eigenvalue weighted by Gasteiger charge is -2.10. The minimum atomic E-state index is -4.43. The van der Waals surface area contributed by atoms with Gasteiger partial charge in [0.2, 0.25) is 11.8 Å². The summed E-state index contributed by atoms with van der Waals surface area (Å²) in [6.07, 6.45) is 2.35. The molecule has 2 heterocycles. The van der Waals surface area contributed by atoms with E-state index in [0.717, 1.165) is 10.9 Å². The van der Waals surface area contributed by atoms with E-state index in [4.69, 9.17) is 9.47 Å². The number of urea groups is 1. The number of carbonyl (C=O) groups is 2. The van der Waals surface area contributed by atoms with Crippen molar-refractivity contribution in [3.05, 3.63) is 24.0 Å². The third kappa shape index (κ3) is 4.24. The third-order valence-electron chi connectivity index (χ3n) is 2.93. The molecule has 0 saturated heterocycles. The van der Waals surface area contributed by atoms with Gasteiger partial charge in [-0.25, -0.2) is 19.3 Å². The monoisotopic (exact) mass is 384 g/mol. The summed E-state index contributed by atoms with van der Waals surface area (Å²) < 4.78 is 37.3. The minimum absolute atomic E-state index is 0.0499. The van der Waals surface area contributed by atoms with Crippen LogP contribution in [-0.2, 0) is 21.8 Å². The maximum Gasteiger partial charge on any atom is 0.342 e. The maximum atomic E-state index is 12.5. The van der Waals surface area contributed by atoms with Crippen LogP contribution in [0, 0.1) is 0 Å². The van der Waals surface area contributed by atoms with Crippen LogP contribution in [0.3, 0.4) is 0 Å². The highest BCUT2D eigenvalue weighted by atomic mass is 32.2. The van der Waals surface area contributed by atoms with E-state index in [1.165, 1.54) is 26.4 Å². The Balaban J connectivity index is 2.22. The zero-order valence-corrected chi connectivity index (χ0v) is 14.9.